The third-order valence-electron chi connectivity index (χ3n) is 2.54. The average molecular weight is 326 g/mol. The number of carboxylic acids is 1. The predicted octanol–water partition coefficient (Wildman–Crippen LogP) is 1.27. The van der Waals surface area contributed by atoms with Crippen molar-refractivity contribution in [3.05, 3.63) is 22.2 Å². The number of phenolic OH excluding ortho intramolecular Hbond substituents is 1. The Balaban J connectivity index is 2.41. The first-order chi connectivity index (χ1) is 10.4. The van der Waals surface area contributed by atoms with Gasteiger partial charge in [-0.1, -0.05) is 11.8 Å². The highest BCUT2D eigenvalue weighted by molar-refractivity contribution is 7.99. The molecule has 0 aliphatic heterocycles. The number of aromatic amines is 1. The summed E-state index contributed by atoms with van der Waals surface area (Å²) in [5.41, 5.74) is -0.262. The first kappa shape index (κ1) is 15.6. The van der Waals surface area contributed by atoms with Gasteiger partial charge in [-0.05, 0) is 0 Å². The first-order valence-electron chi connectivity index (χ1n) is 5.75. The van der Waals surface area contributed by atoms with Crippen molar-refractivity contribution in [2.45, 2.75) is 5.16 Å². The van der Waals surface area contributed by atoms with E-state index in [1.807, 2.05) is 0 Å². The molecule has 116 valence electrons. The third kappa shape index (κ3) is 3.25. The lowest BCUT2D eigenvalue weighted by atomic mass is 10.1. The number of nitro benzene ring substituents is 1. The number of nitrogens with zero attached hydrogens (tertiary/aromatic N) is 3. The minimum atomic E-state index is -1.03. The molecule has 1 aromatic heterocycles. The van der Waals surface area contributed by atoms with E-state index < -0.39 is 10.9 Å². The van der Waals surface area contributed by atoms with Crippen LogP contribution in [0.25, 0.3) is 11.4 Å². The van der Waals surface area contributed by atoms with Crippen molar-refractivity contribution in [3.63, 3.8) is 0 Å². The van der Waals surface area contributed by atoms with Crippen molar-refractivity contribution in [1.29, 1.82) is 0 Å². The molecule has 1 aromatic carbocycles. The number of aromatic nitrogens is 3. The molecule has 0 aliphatic carbocycles. The fraction of sp³-hybridized carbons (Fsp3) is 0.182. The molecule has 2 rings (SSSR count). The predicted molar refractivity (Wildman–Crippen MR) is 75.0 cm³/mol. The van der Waals surface area contributed by atoms with Crippen LogP contribution in [-0.4, -0.2) is 49.1 Å². The van der Waals surface area contributed by atoms with Gasteiger partial charge in [-0.3, -0.25) is 14.9 Å². The van der Waals surface area contributed by atoms with Crippen LogP contribution >= 0.6 is 11.8 Å². The Bertz CT molecular complexity index is 731. The number of benzene rings is 1. The summed E-state index contributed by atoms with van der Waals surface area (Å²) >= 11 is 0.895. The number of carboxylic acid groups (broad SMARTS) is 1. The fourth-order valence-corrected chi connectivity index (χ4v) is 2.13. The number of aromatic hydroxyl groups is 1. The van der Waals surface area contributed by atoms with Crippen molar-refractivity contribution in [2.75, 3.05) is 12.9 Å². The summed E-state index contributed by atoms with van der Waals surface area (Å²) in [7, 11) is 1.26. The lowest BCUT2D eigenvalue weighted by Gasteiger charge is -2.06. The van der Waals surface area contributed by atoms with Crippen molar-refractivity contribution >= 4 is 23.4 Å². The van der Waals surface area contributed by atoms with Gasteiger partial charge in [0.2, 0.25) is 0 Å². The topological polar surface area (TPSA) is 151 Å². The first-order valence-corrected chi connectivity index (χ1v) is 6.74. The Kier molecular flexibility index (Phi) is 4.46. The van der Waals surface area contributed by atoms with E-state index in [1.54, 1.807) is 0 Å². The number of hydrogen-bond donors (Lipinski definition) is 3. The van der Waals surface area contributed by atoms with Crippen LogP contribution in [0.5, 0.6) is 11.5 Å². The Hall–Kier alpha value is -2.82. The van der Waals surface area contributed by atoms with Crippen molar-refractivity contribution < 1.29 is 24.7 Å². The zero-order valence-electron chi connectivity index (χ0n) is 11.1. The van der Waals surface area contributed by atoms with Crippen LogP contribution in [0.3, 0.4) is 0 Å². The van der Waals surface area contributed by atoms with Crippen LogP contribution in [-0.2, 0) is 4.79 Å². The zero-order valence-corrected chi connectivity index (χ0v) is 12.0. The van der Waals surface area contributed by atoms with E-state index in [-0.39, 0.29) is 39.5 Å². The Labute approximate surface area is 127 Å². The molecule has 0 bridgehead atoms. The zero-order chi connectivity index (χ0) is 16.3. The molecule has 0 unspecified atom stereocenters. The lowest BCUT2D eigenvalue weighted by molar-refractivity contribution is -0.384. The summed E-state index contributed by atoms with van der Waals surface area (Å²) in [6, 6.07) is 2.19. The van der Waals surface area contributed by atoms with Gasteiger partial charge < -0.3 is 19.9 Å². The smallest absolute Gasteiger partial charge is 0.313 e. The molecule has 10 nitrogen and oxygen atoms in total. The molecule has 3 N–H and O–H groups in total. The molecule has 0 fully saturated rings. The molecule has 1 heterocycles. The number of H-pyrrole nitrogens is 1. The van der Waals surface area contributed by atoms with Gasteiger partial charge in [0.1, 0.15) is 0 Å². The van der Waals surface area contributed by atoms with Crippen molar-refractivity contribution in [2.24, 2.45) is 0 Å². The lowest BCUT2D eigenvalue weighted by Crippen LogP contribution is -1.97. The highest BCUT2D eigenvalue weighted by Crippen LogP contribution is 2.39. The molecule has 2 aromatic rings. The van der Waals surface area contributed by atoms with Crippen LogP contribution in [0.15, 0.2) is 17.3 Å². The number of thioether (sulfide) groups is 1. The van der Waals surface area contributed by atoms with Gasteiger partial charge >= 0.3 is 5.97 Å². The van der Waals surface area contributed by atoms with Gasteiger partial charge in [-0.15, -0.1) is 10.2 Å². The molecule has 11 heteroatoms. The van der Waals surface area contributed by atoms with E-state index in [9.17, 15) is 20.0 Å². The highest BCUT2D eigenvalue weighted by atomic mass is 32.2. The molecule has 0 saturated heterocycles. The van der Waals surface area contributed by atoms with Crippen LogP contribution in [0.1, 0.15) is 0 Å². The quantitative estimate of drug-likeness (QED) is 0.404. The molecule has 0 atom stereocenters. The second kappa shape index (κ2) is 6.30. The van der Waals surface area contributed by atoms with Crippen LogP contribution in [0.4, 0.5) is 5.69 Å². The maximum absolute atomic E-state index is 10.9. The summed E-state index contributed by atoms with van der Waals surface area (Å²) in [6.45, 7) is 0. The number of nitrogens with one attached hydrogen (secondary N) is 1. The Morgan fingerprint density at radius 2 is 2.23 bits per heavy atom. The Morgan fingerprint density at radius 3 is 2.82 bits per heavy atom. The van der Waals surface area contributed by atoms with E-state index in [4.69, 9.17) is 9.84 Å². The number of ether oxygens (including phenoxy) is 1. The second-order valence-electron chi connectivity index (χ2n) is 3.96. The standard InChI is InChI=1S/C11H10N4O6S/c1-21-7-3-5(15(19)20)2-6(9(7)18)10-12-11(14-13-10)22-4-8(16)17/h2-3,18H,4H2,1H3,(H,16,17)(H,12,13,14). The average Bonchev–Trinajstić information content (AvgIpc) is 2.93. The molecule has 0 saturated carbocycles. The largest absolute Gasteiger partial charge is 0.504 e. The van der Waals surface area contributed by atoms with Crippen LogP contribution in [0.2, 0.25) is 0 Å². The minimum Gasteiger partial charge on any atom is -0.504 e. The van der Waals surface area contributed by atoms with Crippen molar-refractivity contribution in [3.8, 4) is 22.9 Å². The van der Waals surface area contributed by atoms with Gasteiger partial charge in [0.05, 0.1) is 29.4 Å². The number of rotatable bonds is 6. The van der Waals surface area contributed by atoms with Gasteiger partial charge in [0.15, 0.2) is 22.5 Å². The van der Waals surface area contributed by atoms with Gasteiger partial charge in [0.25, 0.3) is 5.69 Å². The second-order valence-corrected chi connectivity index (χ2v) is 4.93. The maximum atomic E-state index is 10.9. The molecule has 0 amide bonds. The van der Waals surface area contributed by atoms with Crippen LogP contribution in [0, 0.1) is 10.1 Å². The summed E-state index contributed by atoms with van der Waals surface area (Å²) in [4.78, 5) is 23.4. The van der Waals surface area contributed by atoms with Crippen LogP contribution < -0.4 is 4.74 Å². The number of non-ortho nitro benzene ring substituents is 1. The Morgan fingerprint density at radius 1 is 1.50 bits per heavy atom. The summed E-state index contributed by atoms with van der Waals surface area (Å²) in [5.74, 6) is -1.60. The fourth-order valence-electron chi connectivity index (χ4n) is 1.60. The summed E-state index contributed by atoms with van der Waals surface area (Å²) in [6.07, 6.45) is 0. The van der Waals surface area contributed by atoms with E-state index in [2.05, 4.69) is 15.2 Å². The maximum Gasteiger partial charge on any atom is 0.313 e. The third-order valence-corrected chi connectivity index (χ3v) is 3.39. The number of phenols is 1. The monoisotopic (exact) mass is 326 g/mol. The number of carbonyl (C=O) groups is 1. The van der Waals surface area contributed by atoms with Gasteiger partial charge in [-0.25, -0.2) is 0 Å². The molecular formula is C11H10N4O6S. The number of hydrogen-bond acceptors (Lipinski definition) is 8. The molecule has 0 aliphatic rings. The number of nitro groups is 1. The number of methoxy groups -OCH3 is 1. The summed E-state index contributed by atoms with van der Waals surface area (Å²) < 4.78 is 4.88. The highest BCUT2D eigenvalue weighted by Gasteiger charge is 2.20. The normalized spacial score (nSPS) is 10.4. The van der Waals surface area contributed by atoms with E-state index in [0.29, 0.717) is 0 Å². The summed E-state index contributed by atoms with van der Waals surface area (Å²) in [5, 5.41) is 37.2. The van der Waals surface area contributed by atoms with Gasteiger partial charge in [0, 0.05) is 6.07 Å². The van der Waals surface area contributed by atoms with E-state index >= 15 is 0 Å². The molecule has 0 radical (unpaired) electrons. The minimum absolute atomic E-state index is 0.0284. The molecule has 22 heavy (non-hydrogen) atoms. The molecular weight excluding hydrogens is 316 g/mol. The SMILES string of the molecule is COc1cc([N+](=O)[O-])cc(-c2nnc(SCC(=O)O)[nH]2)c1O. The van der Waals surface area contributed by atoms with E-state index in [1.165, 1.54) is 7.11 Å². The molecule has 0 spiro atoms. The van der Waals surface area contributed by atoms with Gasteiger partial charge in [-0.2, -0.15) is 0 Å². The van der Waals surface area contributed by atoms with E-state index in [0.717, 1.165) is 23.9 Å². The van der Waals surface area contributed by atoms with Crippen molar-refractivity contribution in [1.82, 2.24) is 15.2 Å². The number of aliphatic carboxylic acids is 1.